The summed E-state index contributed by atoms with van der Waals surface area (Å²) in [4.78, 5) is 22.3. The van der Waals surface area contributed by atoms with E-state index in [0.717, 1.165) is 5.56 Å². The van der Waals surface area contributed by atoms with E-state index in [2.05, 4.69) is 22.3 Å². The standard InChI is InChI=1S/C8H7NO.CH2ClNO/c1-7-4-2-3-5-8(7)9-6-10;2-1(3)4/h2-5H,1H3;(H2,3,4). The highest BCUT2D eigenvalue weighted by Gasteiger charge is 1.90. The monoisotopic (exact) mass is 212 g/mol. The predicted molar refractivity (Wildman–Crippen MR) is 54.4 cm³/mol. The molecule has 1 aromatic rings. The topological polar surface area (TPSA) is 72.5 Å². The van der Waals surface area contributed by atoms with E-state index in [4.69, 9.17) is 4.79 Å². The fourth-order valence-corrected chi connectivity index (χ4v) is 0.738. The van der Waals surface area contributed by atoms with Crippen LogP contribution in [0.4, 0.5) is 10.5 Å². The maximum absolute atomic E-state index is 9.83. The van der Waals surface area contributed by atoms with Gasteiger partial charge >= 0.3 is 5.37 Å². The van der Waals surface area contributed by atoms with Gasteiger partial charge in [0.15, 0.2) is 0 Å². The zero-order chi connectivity index (χ0) is 11.0. The van der Waals surface area contributed by atoms with Gasteiger partial charge in [-0.1, -0.05) is 18.2 Å². The minimum absolute atomic E-state index is 0.692. The van der Waals surface area contributed by atoms with Crippen LogP contribution in [0, 0.1) is 6.92 Å². The lowest BCUT2D eigenvalue weighted by molar-refractivity contribution is 0.266. The van der Waals surface area contributed by atoms with Crippen LogP contribution in [0.25, 0.3) is 0 Å². The van der Waals surface area contributed by atoms with Gasteiger partial charge in [0.25, 0.3) is 0 Å². The largest absolute Gasteiger partial charge is 0.356 e. The first-order chi connectivity index (χ1) is 6.57. The van der Waals surface area contributed by atoms with E-state index < -0.39 is 5.37 Å². The molecule has 74 valence electrons. The van der Waals surface area contributed by atoms with Gasteiger partial charge in [-0.2, -0.15) is 4.99 Å². The molecule has 0 aliphatic heterocycles. The number of benzene rings is 1. The van der Waals surface area contributed by atoms with Crippen LogP contribution in [0.1, 0.15) is 5.56 Å². The molecule has 2 N–H and O–H groups in total. The van der Waals surface area contributed by atoms with Crippen LogP contribution in [0.3, 0.4) is 0 Å². The third kappa shape index (κ3) is 5.94. The van der Waals surface area contributed by atoms with E-state index in [1.165, 1.54) is 6.08 Å². The number of amides is 1. The van der Waals surface area contributed by atoms with Crippen molar-refractivity contribution in [2.24, 2.45) is 10.7 Å². The third-order valence-corrected chi connectivity index (χ3v) is 1.28. The summed E-state index contributed by atoms with van der Waals surface area (Å²) in [6.45, 7) is 1.90. The number of aliphatic imine (C=N–C) groups is 1. The smallest absolute Gasteiger partial charge is 0.311 e. The number of carbonyl (C=O) groups is 1. The molecule has 0 saturated heterocycles. The van der Waals surface area contributed by atoms with Crippen LogP contribution in [0.5, 0.6) is 0 Å². The highest BCUT2D eigenvalue weighted by molar-refractivity contribution is 6.62. The number of para-hydroxylation sites is 1. The van der Waals surface area contributed by atoms with E-state index in [1.807, 2.05) is 25.1 Å². The Morgan fingerprint density at radius 1 is 1.50 bits per heavy atom. The third-order valence-electron chi connectivity index (χ3n) is 1.28. The number of nitrogens with two attached hydrogens (primary N) is 1. The number of isocyanates is 1. The Bertz CT molecular complexity index is 356. The Morgan fingerprint density at radius 3 is 2.43 bits per heavy atom. The molecule has 0 atom stereocenters. The second kappa shape index (κ2) is 6.83. The maximum Gasteiger partial charge on any atom is 0.311 e. The number of rotatable bonds is 1. The molecule has 1 rings (SSSR count). The molecule has 4 nitrogen and oxygen atoms in total. The lowest BCUT2D eigenvalue weighted by Crippen LogP contribution is -1.94. The van der Waals surface area contributed by atoms with Crippen LogP contribution >= 0.6 is 11.6 Å². The van der Waals surface area contributed by atoms with Gasteiger partial charge in [0, 0.05) is 0 Å². The first-order valence-electron chi connectivity index (χ1n) is 3.66. The molecule has 0 saturated carbocycles. The molecule has 0 bridgehead atoms. The van der Waals surface area contributed by atoms with Gasteiger partial charge in [-0.25, -0.2) is 4.79 Å². The summed E-state index contributed by atoms with van der Waals surface area (Å²) >= 11 is 4.41. The van der Waals surface area contributed by atoms with Gasteiger partial charge < -0.3 is 5.73 Å². The van der Waals surface area contributed by atoms with Crippen LogP contribution in [0.2, 0.25) is 0 Å². The summed E-state index contributed by atoms with van der Waals surface area (Å²) in [6, 6.07) is 7.42. The molecule has 0 spiro atoms. The predicted octanol–water partition coefficient (Wildman–Crippen LogP) is 2.27. The molecule has 0 heterocycles. The van der Waals surface area contributed by atoms with Gasteiger partial charge in [0.1, 0.15) is 0 Å². The Balaban J connectivity index is 0.000000364. The second-order valence-electron chi connectivity index (χ2n) is 2.29. The summed E-state index contributed by atoms with van der Waals surface area (Å²) in [6.07, 6.45) is 1.50. The maximum atomic E-state index is 9.83. The summed E-state index contributed by atoms with van der Waals surface area (Å²) in [5.74, 6) is 0. The number of hydrogen-bond donors (Lipinski definition) is 1. The number of hydrogen-bond acceptors (Lipinski definition) is 3. The molecule has 0 aromatic heterocycles. The second-order valence-corrected chi connectivity index (χ2v) is 2.67. The molecule has 0 radical (unpaired) electrons. The van der Waals surface area contributed by atoms with Crippen molar-refractivity contribution in [3.8, 4) is 0 Å². The Morgan fingerprint density at radius 2 is 2.00 bits per heavy atom. The minimum Gasteiger partial charge on any atom is -0.356 e. The van der Waals surface area contributed by atoms with E-state index in [-0.39, 0.29) is 0 Å². The summed E-state index contributed by atoms with van der Waals surface area (Å²) in [5.41, 5.74) is 5.92. The summed E-state index contributed by atoms with van der Waals surface area (Å²) < 4.78 is 0. The fraction of sp³-hybridized carbons (Fsp3) is 0.111. The molecular formula is C9H9ClN2O2. The van der Waals surface area contributed by atoms with Crippen LogP contribution in [-0.2, 0) is 4.79 Å². The molecule has 14 heavy (non-hydrogen) atoms. The van der Waals surface area contributed by atoms with Crippen molar-refractivity contribution in [1.82, 2.24) is 0 Å². The first kappa shape index (κ1) is 12.4. The molecular weight excluding hydrogens is 204 g/mol. The van der Waals surface area contributed by atoms with Crippen molar-refractivity contribution < 1.29 is 9.59 Å². The van der Waals surface area contributed by atoms with E-state index >= 15 is 0 Å². The highest BCUT2D eigenvalue weighted by atomic mass is 35.5. The van der Waals surface area contributed by atoms with Crippen LogP contribution < -0.4 is 5.73 Å². The average Bonchev–Trinajstić information content (AvgIpc) is 2.08. The molecule has 0 fully saturated rings. The van der Waals surface area contributed by atoms with Crippen LogP contribution in [-0.4, -0.2) is 11.4 Å². The molecule has 0 aliphatic carbocycles. The Kier molecular flexibility index (Phi) is 6.03. The van der Waals surface area contributed by atoms with Crippen molar-refractivity contribution in [3.63, 3.8) is 0 Å². The highest BCUT2D eigenvalue weighted by Crippen LogP contribution is 2.15. The normalized spacial score (nSPS) is 7.86. The number of primary amides is 1. The quantitative estimate of drug-likeness (QED) is 0.336. The van der Waals surface area contributed by atoms with Gasteiger partial charge in [0.05, 0.1) is 5.69 Å². The number of carbonyl (C=O) groups excluding carboxylic acids is 2. The molecule has 1 aromatic carbocycles. The first-order valence-corrected chi connectivity index (χ1v) is 4.04. The van der Waals surface area contributed by atoms with Gasteiger partial charge in [0.2, 0.25) is 6.08 Å². The number of nitrogens with zero attached hydrogens (tertiary/aromatic N) is 1. The summed E-state index contributed by atoms with van der Waals surface area (Å²) in [7, 11) is 0. The number of halogens is 1. The zero-order valence-electron chi connectivity index (χ0n) is 7.53. The van der Waals surface area contributed by atoms with Crippen molar-refractivity contribution in [1.29, 1.82) is 0 Å². The van der Waals surface area contributed by atoms with Gasteiger partial charge in [-0.3, -0.25) is 4.79 Å². The van der Waals surface area contributed by atoms with Crippen molar-refractivity contribution in [2.45, 2.75) is 6.92 Å². The summed E-state index contributed by atoms with van der Waals surface area (Å²) in [5, 5.41) is -0.861. The fourth-order valence-electron chi connectivity index (χ4n) is 0.738. The van der Waals surface area contributed by atoms with E-state index in [0.29, 0.717) is 5.69 Å². The van der Waals surface area contributed by atoms with E-state index in [1.54, 1.807) is 6.07 Å². The molecule has 5 heteroatoms. The Hall–Kier alpha value is -1.64. The lowest BCUT2D eigenvalue weighted by Gasteiger charge is -1.92. The Labute approximate surface area is 86.4 Å². The SMILES string of the molecule is Cc1ccccc1N=C=O.NC(=O)Cl. The zero-order valence-corrected chi connectivity index (χ0v) is 8.28. The van der Waals surface area contributed by atoms with Crippen molar-refractivity contribution in [2.75, 3.05) is 0 Å². The minimum atomic E-state index is -0.861. The van der Waals surface area contributed by atoms with Gasteiger partial charge in [-0.05, 0) is 30.2 Å². The van der Waals surface area contributed by atoms with E-state index in [9.17, 15) is 4.79 Å². The average molecular weight is 213 g/mol. The molecule has 0 aliphatic rings. The number of aryl methyl sites for hydroxylation is 1. The van der Waals surface area contributed by atoms with Crippen LogP contribution in [0.15, 0.2) is 29.3 Å². The van der Waals surface area contributed by atoms with Crippen molar-refractivity contribution in [3.05, 3.63) is 29.8 Å². The van der Waals surface area contributed by atoms with Crippen molar-refractivity contribution >= 4 is 28.7 Å². The lowest BCUT2D eigenvalue weighted by atomic mass is 10.2. The van der Waals surface area contributed by atoms with Gasteiger partial charge in [-0.15, -0.1) is 0 Å². The molecule has 1 amide bonds. The molecule has 0 unspecified atom stereocenters.